The van der Waals surface area contributed by atoms with Crippen LogP contribution in [0, 0.1) is 0 Å². The lowest BCUT2D eigenvalue weighted by atomic mass is 10.0. The summed E-state index contributed by atoms with van der Waals surface area (Å²) in [5, 5.41) is 0. The van der Waals surface area contributed by atoms with Crippen LogP contribution in [-0.4, -0.2) is 20.3 Å². The largest absolute Gasteiger partial charge is 0.488 e. The fourth-order valence-electron chi connectivity index (χ4n) is 3.05. The van der Waals surface area contributed by atoms with Crippen LogP contribution < -0.4 is 19.1 Å². The van der Waals surface area contributed by atoms with Gasteiger partial charge in [-0.1, -0.05) is 48.5 Å². The van der Waals surface area contributed by atoms with E-state index >= 15 is 0 Å². The number of anilines is 1. The Morgan fingerprint density at radius 1 is 0.963 bits per heavy atom. The lowest BCUT2D eigenvalue weighted by molar-refractivity contribution is -0.107. The number of benzene rings is 3. The summed E-state index contributed by atoms with van der Waals surface area (Å²) in [5.74, 6) is 2.00. The van der Waals surface area contributed by atoms with Crippen LogP contribution in [0.2, 0.25) is 0 Å². The summed E-state index contributed by atoms with van der Waals surface area (Å²) in [6.45, 7) is 0.617. The van der Waals surface area contributed by atoms with E-state index in [2.05, 4.69) is 0 Å². The summed E-state index contributed by atoms with van der Waals surface area (Å²) in [6, 6.07) is 21.4. The van der Waals surface area contributed by atoms with Crippen LogP contribution in [0.15, 0.2) is 66.7 Å². The summed E-state index contributed by atoms with van der Waals surface area (Å²) >= 11 is 0. The quantitative estimate of drug-likeness (QED) is 0.616. The molecule has 0 N–H and O–H groups in total. The van der Waals surface area contributed by atoms with E-state index in [1.165, 1.54) is 0 Å². The second kappa shape index (κ2) is 7.41. The number of rotatable bonds is 6. The van der Waals surface area contributed by atoms with Gasteiger partial charge in [-0.25, -0.2) is 0 Å². The van der Waals surface area contributed by atoms with Crippen LogP contribution in [0.25, 0.3) is 11.1 Å². The molecule has 4 rings (SSSR count). The first kappa shape index (κ1) is 17.0. The van der Waals surface area contributed by atoms with E-state index in [4.69, 9.17) is 14.2 Å². The minimum absolute atomic E-state index is 0.187. The van der Waals surface area contributed by atoms with Gasteiger partial charge in [0.1, 0.15) is 12.4 Å². The molecule has 136 valence electrons. The van der Waals surface area contributed by atoms with Crippen LogP contribution in [0.4, 0.5) is 5.69 Å². The zero-order valence-corrected chi connectivity index (χ0v) is 14.9. The molecule has 0 fully saturated rings. The van der Waals surface area contributed by atoms with Crippen molar-refractivity contribution in [1.29, 1.82) is 0 Å². The van der Waals surface area contributed by atoms with E-state index in [0.717, 1.165) is 28.8 Å². The number of para-hydroxylation sites is 1. The third kappa shape index (κ3) is 3.44. The van der Waals surface area contributed by atoms with E-state index in [1.807, 2.05) is 66.7 Å². The molecule has 0 unspecified atom stereocenters. The van der Waals surface area contributed by atoms with Gasteiger partial charge in [0.2, 0.25) is 13.2 Å². The number of nitrogens with zero attached hydrogens (tertiary/aromatic N) is 1. The van der Waals surface area contributed by atoms with Crippen molar-refractivity contribution in [2.24, 2.45) is 0 Å². The summed E-state index contributed by atoms with van der Waals surface area (Å²) in [7, 11) is 1.73. The van der Waals surface area contributed by atoms with Crippen molar-refractivity contribution in [2.75, 3.05) is 18.7 Å². The number of carbonyl (C=O) groups excluding carboxylic acids is 1. The molecule has 27 heavy (non-hydrogen) atoms. The Morgan fingerprint density at radius 2 is 1.67 bits per heavy atom. The van der Waals surface area contributed by atoms with Gasteiger partial charge in [-0.3, -0.25) is 4.79 Å². The maximum absolute atomic E-state index is 11.3. The standard InChI is InChI=1S/C22H19NO4/c1-23(14-24)19-10-6-5-9-17(19)18-11-21-22(27-15-26-21)12-20(18)25-13-16-7-3-2-4-8-16/h2-12,14H,13,15H2,1H3. The van der Waals surface area contributed by atoms with E-state index in [1.54, 1.807) is 11.9 Å². The van der Waals surface area contributed by atoms with Crippen LogP contribution in [0.5, 0.6) is 17.2 Å². The highest BCUT2D eigenvalue weighted by Crippen LogP contribution is 2.45. The minimum atomic E-state index is 0.187. The number of hydrogen-bond donors (Lipinski definition) is 0. The summed E-state index contributed by atoms with van der Waals surface area (Å²) in [6.07, 6.45) is 0.788. The van der Waals surface area contributed by atoms with E-state index < -0.39 is 0 Å². The van der Waals surface area contributed by atoms with Crippen molar-refractivity contribution in [3.8, 4) is 28.4 Å². The molecule has 0 saturated carbocycles. The molecule has 0 aliphatic carbocycles. The minimum Gasteiger partial charge on any atom is -0.488 e. The monoisotopic (exact) mass is 361 g/mol. The SMILES string of the molecule is CN(C=O)c1ccccc1-c1cc2c(cc1OCc1ccccc1)OCO2. The molecular formula is C22H19NO4. The first-order valence-corrected chi connectivity index (χ1v) is 8.64. The molecular weight excluding hydrogens is 342 g/mol. The highest BCUT2D eigenvalue weighted by molar-refractivity contribution is 5.89. The Morgan fingerprint density at radius 3 is 2.44 bits per heavy atom. The average molecular weight is 361 g/mol. The Bertz CT molecular complexity index is 956. The molecule has 0 aromatic heterocycles. The third-order valence-electron chi connectivity index (χ3n) is 4.44. The summed E-state index contributed by atoms with van der Waals surface area (Å²) in [4.78, 5) is 12.9. The van der Waals surface area contributed by atoms with Crippen molar-refractivity contribution < 1.29 is 19.0 Å². The highest BCUT2D eigenvalue weighted by Gasteiger charge is 2.21. The van der Waals surface area contributed by atoms with Crippen molar-refractivity contribution >= 4 is 12.1 Å². The van der Waals surface area contributed by atoms with Crippen LogP contribution in [0.1, 0.15) is 5.56 Å². The molecule has 0 spiro atoms. The normalized spacial score (nSPS) is 11.9. The Labute approximate surface area is 157 Å². The van der Waals surface area contributed by atoms with Gasteiger partial charge in [-0.15, -0.1) is 0 Å². The number of fused-ring (bicyclic) bond motifs is 1. The smallest absolute Gasteiger partial charge is 0.231 e. The summed E-state index contributed by atoms with van der Waals surface area (Å²) < 4.78 is 17.2. The van der Waals surface area contributed by atoms with Gasteiger partial charge in [0.05, 0.1) is 5.69 Å². The Hall–Kier alpha value is -3.47. The molecule has 1 amide bonds. The lowest BCUT2D eigenvalue weighted by Crippen LogP contribution is -2.14. The predicted octanol–water partition coefficient (Wildman–Crippen LogP) is 4.25. The zero-order valence-electron chi connectivity index (χ0n) is 14.9. The molecule has 5 nitrogen and oxygen atoms in total. The van der Waals surface area contributed by atoms with Gasteiger partial charge in [0, 0.05) is 24.2 Å². The molecule has 1 aliphatic rings. The van der Waals surface area contributed by atoms with Crippen LogP contribution >= 0.6 is 0 Å². The number of ether oxygens (including phenoxy) is 3. The molecule has 1 aliphatic heterocycles. The molecule has 0 atom stereocenters. The lowest BCUT2D eigenvalue weighted by Gasteiger charge is -2.19. The highest BCUT2D eigenvalue weighted by atomic mass is 16.7. The fraction of sp³-hybridized carbons (Fsp3) is 0.136. The van der Waals surface area contributed by atoms with Crippen LogP contribution in [-0.2, 0) is 11.4 Å². The van der Waals surface area contributed by atoms with E-state index in [0.29, 0.717) is 23.9 Å². The molecule has 1 heterocycles. The van der Waals surface area contributed by atoms with Crippen molar-refractivity contribution in [3.05, 3.63) is 72.3 Å². The fourth-order valence-corrected chi connectivity index (χ4v) is 3.05. The molecule has 3 aromatic rings. The molecule has 5 heteroatoms. The molecule has 0 radical (unpaired) electrons. The second-order valence-corrected chi connectivity index (χ2v) is 6.21. The molecule has 0 bridgehead atoms. The number of amides is 1. The number of hydrogen-bond acceptors (Lipinski definition) is 4. The third-order valence-corrected chi connectivity index (χ3v) is 4.44. The first-order valence-electron chi connectivity index (χ1n) is 8.64. The Balaban J connectivity index is 1.77. The summed E-state index contributed by atoms with van der Waals surface area (Å²) in [5.41, 5.74) is 3.59. The second-order valence-electron chi connectivity index (χ2n) is 6.21. The number of carbonyl (C=O) groups is 1. The molecule has 0 saturated heterocycles. The van der Waals surface area contributed by atoms with Gasteiger partial charge in [0.15, 0.2) is 11.5 Å². The van der Waals surface area contributed by atoms with Gasteiger partial charge in [-0.05, 0) is 17.7 Å². The van der Waals surface area contributed by atoms with Crippen molar-refractivity contribution in [1.82, 2.24) is 0 Å². The first-order chi connectivity index (χ1) is 13.3. The predicted molar refractivity (Wildman–Crippen MR) is 103 cm³/mol. The van der Waals surface area contributed by atoms with Crippen LogP contribution in [0.3, 0.4) is 0 Å². The van der Waals surface area contributed by atoms with Gasteiger partial charge in [0.25, 0.3) is 0 Å². The maximum Gasteiger partial charge on any atom is 0.231 e. The average Bonchev–Trinajstić information content (AvgIpc) is 3.19. The molecule has 3 aromatic carbocycles. The van der Waals surface area contributed by atoms with E-state index in [9.17, 15) is 4.79 Å². The van der Waals surface area contributed by atoms with Gasteiger partial charge >= 0.3 is 0 Å². The zero-order chi connectivity index (χ0) is 18.6. The maximum atomic E-state index is 11.3. The van der Waals surface area contributed by atoms with Crippen molar-refractivity contribution in [3.63, 3.8) is 0 Å². The van der Waals surface area contributed by atoms with Crippen molar-refractivity contribution in [2.45, 2.75) is 6.61 Å². The van der Waals surface area contributed by atoms with Gasteiger partial charge in [-0.2, -0.15) is 0 Å². The Kier molecular flexibility index (Phi) is 4.66. The topological polar surface area (TPSA) is 48.0 Å². The van der Waals surface area contributed by atoms with E-state index in [-0.39, 0.29) is 6.79 Å². The van der Waals surface area contributed by atoms with Gasteiger partial charge < -0.3 is 19.1 Å².